The Hall–Kier alpha value is -1.23. The van der Waals surface area contributed by atoms with Crippen molar-refractivity contribution >= 4 is 22.4 Å². The highest BCUT2D eigenvalue weighted by molar-refractivity contribution is 7.15. The monoisotopic (exact) mass is 211 g/mol. The highest BCUT2D eigenvalue weighted by Crippen LogP contribution is 2.22. The normalized spacial score (nSPS) is 11.1. The van der Waals surface area contributed by atoms with Crippen LogP contribution in [0.5, 0.6) is 0 Å². The molecule has 4 nitrogen and oxygen atoms in total. The maximum atomic E-state index is 11.1. The molecule has 5 heteroatoms. The van der Waals surface area contributed by atoms with Crippen molar-refractivity contribution in [2.75, 3.05) is 5.32 Å². The van der Waals surface area contributed by atoms with Gasteiger partial charge in [0.05, 0.1) is 0 Å². The molecule has 76 valence electrons. The Bertz CT molecular complexity index is 344. The van der Waals surface area contributed by atoms with E-state index in [-0.39, 0.29) is 5.91 Å². The molecule has 0 saturated carbocycles. The van der Waals surface area contributed by atoms with Crippen molar-refractivity contribution in [3.05, 3.63) is 17.2 Å². The summed E-state index contributed by atoms with van der Waals surface area (Å²) in [5.74, 6) is 0.179. The number of nitrogens with zero attached hydrogens (tertiary/aromatic N) is 2. The summed E-state index contributed by atoms with van der Waals surface area (Å²) in [4.78, 5) is 11.1. The van der Waals surface area contributed by atoms with Gasteiger partial charge in [0.2, 0.25) is 11.0 Å². The number of hydrogen-bond acceptors (Lipinski definition) is 4. The van der Waals surface area contributed by atoms with E-state index >= 15 is 0 Å². The third kappa shape index (κ3) is 2.92. The summed E-state index contributed by atoms with van der Waals surface area (Å²) in [7, 11) is 0. The molecule has 1 rings (SSSR count). The second-order valence-electron chi connectivity index (χ2n) is 3.09. The lowest BCUT2D eigenvalue weighted by Gasteiger charge is -1.94. The second kappa shape index (κ2) is 4.85. The third-order valence-corrected chi connectivity index (χ3v) is 2.62. The highest BCUT2D eigenvalue weighted by Gasteiger charge is 2.08. The van der Waals surface area contributed by atoms with Crippen LogP contribution >= 0.6 is 11.3 Å². The Kier molecular flexibility index (Phi) is 3.76. The number of carbonyl (C=O) groups excluding carboxylic acids is 1. The molecule has 0 bridgehead atoms. The van der Waals surface area contributed by atoms with E-state index in [9.17, 15) is 4.79 Å². The van der Waals surface area contributed by atoms with Gasteiger partial charge in [0, 0.05) is 5.92 Å². The fourth-order valence-corrected chi connectivity index (χ4v) is 1.57. The number of nitrogens with one attached hydrogen (secondary N) is 1. The maximum absolute atomic E-state index is 11.1. The minimum atomic E-state index is -0.168. The molecule has 0 aliphatic carbocycles. The number of rotatable bonds is 3. The smallest absolute Gasteiger partial charge is 0.249 e. The molecule has 1 aromatic rings. The van der Waals surface area contributed by atoms with Crippen LogP contribution < -0.4 is 5.32 Å². The molecule has 1 amide bonds. The molecule has 0 atom stereocenters. The number of aromatic nitrogens is 2. The summed E-state index contributed by atoms with van der Waals surface area (Å²) in [6, 6.07) is 0. The van der Waals surface area contributed by atoms with Gasteiger partial charge in [-0.2, -0.15) is 0 Å². The molecule has 0 aromatic carbocycles. The van der Waals surface area contributed by atoms with E-state index in [4.69, 9.17) is 0 Å². The van der Waals surface area contributed by atoms with Gasteiger partial charge in [-0.25, -0.2) is 0 Å². The summed E-state index contributed by atoms with van der Waals surface area (Å²) in [6.07, 6.45) is 3.14. The Morgan fingerprint density at radius 1 is 1.50 bits per heavy atom. The van der Waals surface area contributed by atoms with E-state index in [1.165, 1.54) is 17.4 Å². The molecule has 0 radical (unpaired) electrons. The third-order valence-electron chi connectivity index (χ3n) is 1.48. The number of amides is 1. The van der Waals surface area contributed by atoms with E-state index < -0.39 is 0 Å². The standard InChI is InChI=1S/C9H13N3OS/c1-4-5-7(13)10-9-12-11-8(14-9)6(2)3/h4-6H,1-3H3,(H,10,12,13)/b5-4+. The van der Waals surface area contributed by atoms with Crippen LogP contribution in [0.3, 0.4) is 0 Å². The molecule has 14 heavy (non-hydrogen) atoms. The van der Waals surface area contributed by atoms with Crippen molar-refractivity contribution < 1.29 is 4.79 Å². The molecular formula is C9H13N3OS. The van der Waals surface area contributed by atoms with E-state index in [2.05, 4.69) is 15.5 Å². The molecule has 0 fully saturated rings. The predicted octanol–water partition coefficient (Wildman–Crippen LogP) is 2.18. The van der Waals surface area contributed by atoms with Crippen molar-refractivity contribution in [1.29, 1.82) is 0 Å². The molecule has 0 unspecified atom stereocenters. The lowest BCUT2D eigenvalue weighted by molar-refractivity contribution is -0.111. The van der Waals surface area contributed by atoms with Crippen molar-refractivity contribution in [1.82, 2.24) is 10.2 Å². The number of hydrogen-bond donors (Lipinski definition) is 1. The van der Waals surface area contributed by atoms with Crippen LogP contribution in [0.15, 0.2) is 12.2 Å². The van der Waals surface area contributed by atoms with Crippen molar-refractivity contribution in [2.24, 2.45) is 0 Å². The molecule has 0 saturated heterocycles. The topological polar surface area (TPSA) is 54.9 Å². The summed E-state index contributed by atoms with van der Waals surface area (Å²) >= 11 is 1.41. The summed E-state index contributed by atoms with van der Waals surface area (Å²) in [6.45, 7) is 5.87. The van der Waals surface area contributed by atoms with Crippen LogP contribution in [-0.2, 0) is 4.79 Å². The fraction of sp³-hybridized carbons (Fsp3) is 0.444. The van der Waals surface area contributed by atoms with Crippen LogP contribution in [0.4, 0.5) is 5.13 Å². The van der Waals surface area contributed by atoms with Crippen molar-refractivity contribution in [3.63, 3.8) is 0 Å². The van der Waals surface area contributed by atoms with Gasteiger partial charge < -0.3 is 0 Å². The summed E-state index contributed by atoms with van der Waals surface area (Å²) < 4.78 is 0. The van der Waals surface area contributed by atoms with Gasteiger partial charge in [-0.15, -0.1) is 10.2 Å². The first-order chi connectivity index (χ1) is 6.63. The number of anilines is 1. The van der Waals surface area contributed by atoms with Gasteiger partial charge in [-0.1, -0.05) is 31.3 Å². The lowest BCUT2D eigenvalue weighted by Crippen LogP contribution is -2.07. The molecule has 1 N–H and O–H groups in total. The SMILES string of the molecule is C/C=C/C(=O)Nc1nnc(C(C)C)s1. The quantitative estimate of drug-likeness (QED) is 0.779. The van der Waals surface area contributed by atoms with Gasteiger partial charge in [0.15, 0.2) is 0 Å². The van der Waals surface area contributed by atoms with E-state index in [1.54, 1.807) is 13.0 Å². The van der Waals surface area contributed by atoms with Crippen molar-refractivity contribution in [2.45, 2.75) is 26.7 Å². The van der Waals surface area contributed by atoms with Crippen LogP contribution in [0, 0.1) is 0 Å². The second-order valence-corrected chi connectivity index (χ2v) is 4.10. The lowest BCUT2D eigenvalue weighted by atomic mass is 10.2. The van der Waals surface area contributed by atoms with Gasteiger partial charge in [0.25, 0.3) is 0 Å². The zero-order valence-corrected chi connectivity index (χ0v) is 9.26. The molecule has 1 heterocycles. The van der Waals surface area contributed by atoms with Gasteiger partial charge in [0.1, 0.15) is 5.01 Å². The first-order valence-corrected chi connectivity index (χ1v) is 5.22. The van der Waals surface area contributed by atoms with Crippen LogP contribution in [0.1, 0.15) is 31.7 Å². The van der Waals surface area contributed by atoms with Gasteiger partial charge in [-0.05, 0) is 13.0 Å². The van der Waals surface area contributed by atoms with Crippen LogP contribution in [0.2, 0.25) is 0 Å². The van der Waals surface area contributed by atoms with Crippen LogP contribution in [-0.4, -0.2) is 16.1 Å². The minimum absolute atomic E-state index is 0.168. The zero-order valence-electron chi connectivity index (χ0n) is 8.44. The first kappa shape index (κ1) is 10.8. The molecular weight excluding hydrogens is 198 g/mol. The van der Waals surface area contributed by atoms with Gasteiger partial charge >= 0.3 is 0 Å². The Balaban J connectivity index is 2.64. The molecule has 0 aliphatic heterocycles. The van der Waals surface area contributed by atoms with Crippen molar-refractivity contribution in [3.8, 4) is 0 Å². The molecule has 0 spiro atoms. The highest BCUT2D eigenvalue weighted by atomic mass is 32.1. The average Bonchev–Trinajstić information content (AvgIpc) is 2.53. The largest absolute Gasteiger partial charge is 0.297 e. The Labute approximate surface area is 87.1 Å². The van der Waals surface area contributed by atoms with E-state index in [0.29, 0.717) is 11.0 Å². The fourth-order valence-electron chi connectivity index (χ4n) is 0.817. The van der Waals surface area contributed by atoms with Gasteiger partial charge in [-0.3, -0.25) is 10.1 Å². The van der Waals surface area contributed by atoms with E-state index in [1.807, 2.05) is 13.8 Å². The van der Waals surface area contributed by atoms with E-state index in [0.717, 1.165) is 5.01 Å². The number of carbonyl (C=O) groups is 1. The molecule has 0 aliphatic rings. The zero-order chi connectivity index (χ0) is 10.6. The number of allylic oxidation sites excluding steroid dienone is 1. The Morgan fingerprint density at radius 2 is 2.21 bits per heavy atom. The summed E-state index contributed by atoms with van der Waals surface area (Å²) in [5, 5.41) is 11.9. The predicted molar refractivity (Wildman–Crippen MR) is 57.4 cm³/mol. The Morgan fingerprint density at radius 3 is 2.71 bits per heavy atom. The summed E-state index contributed by atoms with van der Waals surface area (Å²) in [5.41, 5.74) is 0. The average molecular weight is 211 g/mol. The van der Waals surface area contributed by atoms with Crippen LogP contribution in [0.25, 0.3) is 0 Å². The molecule has 1 aromatic heterocycles. The first-order valence-electron chi connectivity index (χ1n) is 4.40. The maximum Gasteiger partial charge on any atom is 0.249 e. The minimum Gasteiger partial charge on any atom is -0.297 e.